The van der Waals surface area contributed by atoms with E-state index < -0.39 is 10.2 Å². The second kappa shape index (κ2) is 10.6. The first-order chi connectivity index (χ1) is 15.9. The number of non-ortho nitro benzene ring substituents is 1. The van der Waals surface area contributed by atoms with E-state index in [9.17, 15) is 14.9 Å². The van der Waals surface area contributed by atoms with Crippen LogP contribution in [0.3, 0.4) is 0 Å². The molecule has 0 radical (unpaired) electrons. The normalized spacial score (nSPS) is 11.5. The van der Waals surface area contributed by atoms with Crippen molar-refractivity contribution in [2.75, 3.05) is 19.5 Å². The first kappa shape index (κ1) is 23.8. The van der Waals surface area contributed by atoms with Crippen LogP contribution >= 0.6 is 11.8 Å². The minimum Gasteiger partial charge on any atom is -0.496 e. The van der Waals surface area contributed by atoms with E-state index in [2.05, 4.69) is 22.1 Å². The van der Waals surface area contributed by atoms with Crippen LogP contribution < -0.4 is 14.8 Å². The molecule has 3 aromatic rings. The Morgan fingerprint density at radius 2 is 1.97 bits per heavy atom. The summed E-state index contributed by atoms with van der Waals surface area (Å²) < 4.78 is 12.5. The van der Waals surface area contributed by atoms with Gasteiger partial charge in [-0.25, -0.2) is 0 Å². The van der Waals surface area contributed by atoms with Crippen LogP contribution in [-0.2, 0) is 11.3 Å². The maximum Gasteiger partial charge on any atom is 0.271 e. The number of nitrogens with one attached hydrogen (secondary N) is 1. The van der Waals surface area contributed by atoms with E-state index in [-0.39, 0.29) is 17.3 Å². The molecule has 0 spiro atoms. The number of para-hydroxylation sites is 1. The second-order valence-corrected chi connectivity index (χ2v) is 8.10. The third kappa shape index (κ3) is 5.32. The molecule has 0 bridgehead atoms. The van der Waals surface area contributed by atoms with Crippen LogP contribution in [0.5, 0.6) is 11.5 Å². The van der Waals surface area contributed by atoms with E-state index in [1.54, 1.807) is 20.1 Å². The van der Waals surface area contributed by atoms with Crippen LogP contribution in [0, 0.1) is 10.1 Å². The van der Waals surface area contributed by atoms with E-state index in [1.807, 2.05) is 28.8 Å². The third-order valence-corrected chi connectivity index (χ3v) is 5.76. The van der Waals surface area contributed by atoms with Crippen molar-refractivity contribution in [1.29, 1.82) is 0 Å². The number of nitro benzene ring substituents is 1. The standard InChI is InChI=1S/C22H23N5O5S/c1-5-12-26-20(16-8-6-7-9-18(16)31-3)24-25-22(26)33-14(2)21(28)23-17-13-15(27(29)30)10-11-19(17)32-4/h5-11,13-14H,1,12H2,2-4H3,(H,23,28). The molecule has 1 heterocycles. The van der Waals surface area contributed by atoms with Gasteiger partial charge in [-0.05, 0) is 25.1 Å². The van der Waals surface area contributed by atoms with Gasteiger partial charge in [0.2, 0.25) is 5.91 Å². The predicted molar refractivity (Wildman–Crippen MR) is 126 cm³/mol. The molecule has 33 heavy (non-hydrogen) atoms. The highest BCUT2D eigenvalue weighted by Gasteiger charge is 2.23. The number of anilines is 1. The summed E-state index contributed by atoms with van der Waals surface area (Å²) >= 11 is 1.20. The number of carbonyl (C=O) groups excluding carboxylic acids is 1. The lowest BCUT2D eigenvalue weighted by Gasteiger charge is -2.15. The zero-order valence-electron chi connectivity index (χ0n) is 18.3. The number of amides is 1. The average molecular weight is 470 g/mol. The number of benzene rings is 2. The molecule has 11 heteroatoms. The largest absolute Gasteiger partial charge is 0.496 e. The van der Waals surface area contributed by atoms with E-state index >= 15 is 0 Å². The smallest absolute Gasteiger partial charge is 0.271 e. The number of hydrogen-bond donors (Lipinski definition) is 1. The average Bonchev–Trinajstić information content (AvgIpc) is 3.20. The fourth-order valence-electron chi connectivity index (χ4n) is 3.05. The van der Waals surface area contributed by atoms with Crippen molar-refractivity contribution >= 4 is 29.0 Å². The Bertz CT molecular complexity index is 1180. The van der Waals surface area contributed by atoms with Crippen molar-refractivity contribution in [1.82, 2.24) is 14.8 Å². The first-order valence-electron chi connectivity index (χ1n) is 9.87. The predicted octanol–water partition coefficient (Wildman–Crippen LogP) is 4.18. The van der Waals surface area contributed by atoms with Gasteiger partial charge in [0, 0.05) is 18.7 Å². The molecule has 0 fully saturated rings. The summed E-state index contributed by atoms with van der Waals surface area (Å²) in [5, 5.41) is 22.3. The molecule has 0 aliphatic carbocycles. The lowest BCUT2D eigenvalue weighted by atomic mass is 10.2. The van der Waals surface area contributed by atoms with E-state index in [1.165, 1.54) is 37.1 Å². The van der Waals surface area contributed by atoms with Crippen LogP contribution in [0.4, 0.5) is 11.4 Å². The van der Waals surface area contributed by atoms with Crippen molar-refractivity contribution < 1.29 is 19.2 Å². The summed E-state index contributed by atoms with van der Waals surface area (Å²) in [6, 6.07) is 11.4. The van der Waals surface area contributed by atoms with Gasteiger partial charge in [-0.1, -0.05) is 30.0 Å². The summed E-state index contributed by atoms with van der Waals surface area (Å²) in [6.45, 7) is 5.93. The highest BCUT2D eigenvalue weighted by Crippen LogP contribution is 2.33. The highest BCUT2D eigenvalue weighted by molar-refractivity contribution is 8.00. The van der Waals surface area contributed by atoms with E-state index in [4.69, 9.17) is 9.47 Å². The third-order valence-electron chi connectivity index (χ3n) is 4.68. The van der Waals surface area contributed by atoms with Crippen molar-refractivity contribution in [2.24, 2.45) is 0 Å². The van der Waals surface area contributed by atoms with Gasteiger partial charge in [0.05, 0.1) is 35.6 Å². The Hall–Kier alpha value is -3.86. The molecule has 1 atom stereocenters. The number of rotatable bonds is 10. The lowest BCUT2D eigenvalue weighted by Crippen LogP contribution is -2.23. The van der Waals surface area contributed by atoms with Crippen molar-refractivity contribution in [2.45, 2.75) is 23.9 Å². The number of nitrogens with zero attached hydrogens (tertiary/aromatic N) is 4. The number of hydrogen-bond acceptors (Lipinski definition) is 8. The number of ether oxygens (including phenoxy) is 2. The Balaban J connectivity index is 1.84. The lowest BCUT2D eigenvalue weighted by molar-refractivity contribution is -0.384. The Labute approximate surface area is 194 Å². The van der Waals surface area contributed by atoms with Crippen LogP contribution in [0.1, 0.15) is 6.92 Å². The monoisotopic (exact) mass is 469 g/mol. The molecule has 3 rings (SSSR count). The quantitative estimate of drug-likeness (QED) is 0.203. The maximum atomic E-state index is 12.9. The molecule has 1 unspecified atom stereocenters. The molecule has 0 aliphatic rings. The number of allylic oxidation sites excluding steroid dienone is 1. The van der Waals surface area contributed by atoms with Gasteiger partial charge in [0.25, 0.3) is 5.69 Å². The molecule has 2 aromatic carbocycles. The van der Waals surface area contributed by atoms with E-state index in [0.717, 1.165) is 5.56 Å². The van der Waals surface area contributed by atoms with Crippen molar-refractivity contribution in [3.63, 3.8) is 0 Å². The SMILES string of the molecule is C=CCn1c(SC(C)C(=O)Nc2cc([N+](=O)[O-])ccc2OC)nnc1-c1ccccc1OC. The topological polar surface area (TPSA) is 121 Å². The summed E-state index contributed by atoms with van der Waals surface area (Å²) in [5.41, 5.74) is 0.824. The molecule has 10 nitrogen and oxygen atoms in total. The number of aromatic nitrogens is 3. The fraction of sp³-hybridized carbons (Fsp3) is 0.227. The maximum absolute atomic E-state index is 12.9. The zero-order valence-corrected chi connectivity index (χ0v) is 19.2. The fourth-order valence-corrected chi connectivity index (χ4v) is 3.91. The molecule has 1 aromatic heterocycles. The van der Waals surface area contributed by atoms with Crippen LogP contribution in [0.25, 0.3) is 11.4 Å². The van der Waals surface area contributed by atoms with Gasteiger partial charge in [-0.15, -0.1) is 16.8 Å². The molecule has 1 amide bonds. The summed E-state index contributed by atoms with van der Waals surface area (Å²) in [4.78, 5) is 23.4. The zero-order chi connectivity index (χ0) is 24.0. The first-order valence-corrected chi connectivity index (χ1v) is 10.7. The molecule has 0 aliphatic heterocycles. The van der Waals surface area contributed by atoms with Gasteiger partial charge in [0.1, 0.15) is 11.5 Å². The minimum absolute atomic E-state index is 0.154. The molecule has 1 N–H and O–H groups in total. The summed E-state index contributed by atoms with van der Waals surface area (Å²) in [6.07, 6.45) is 1.71. The van der Waals surface area contributed by atoms with Gasteiger partial charge in [0.15, 0.2) is 11.0 Å². The number of methoxy groups -OCH3 is 2. The van der Waals surface area contributed by atoms with Crippen LogP contribution in [0.2, 0.25) is 0 Å². The Morgan fingerprint density at radius 3 is 2.64 bits per heavy atom. The van der Waals surface area contributed by atoms with E-state index in [0.29, 0.717) is 29.0 Å². The molecular weight excluding hydrogens is 446 g/mol. The second-order valence-electron chi connectivity index (χ2n) is 6.80. The van der Waals surface area contributed by atoms with Gasteiger partial charge < -0.3 is 14.8 Å². The molecule has 172 valence electrons. The van der Waals surface area contributed by atoms with Crippen molar-refractivity contribution in [3.8, 4) is 22.9 Å². The Morgan fingerprint density at radius 1 is 1.24 bits per heavy atom. The van der Waals surface area contributed by atoms with Crippen LogP contribution in [-0.4, -0.2) is 45.1 Å². The molecule has 0 saturated heterocycles. The van der Waals surface area contributed by atoms with Gasteiger partial charge in [-0.3, -0.25) is 19.5 Å². The Kier molecular flexibility index (Phi) is 7.67. The van der Waals surface area contributed by atoms with Gasteiger partial charge in [-0.2, -0.15) is 0 Å². The van der Waals surface area contributed by atoms with Crippen molar-refractivity contribution in [3.05, 3.63) is 65.2 Å². The molecule has 0 saturated carbocycles. The van der Waals surface area contributed by atoms with Gasteiger partial charge >= 0.3 is 0 Å². The number of nitro groups is 1. The summed E-state index contributed by atoms with van der Waals surface area (Å²) in [7, 11) is 3.00. The number of thioether (sulfide) groups is 1. The van der Waals surface area contributed by atoms with Crippen LogP contribution in [0.15, 0.2) is 60.3 Å². The molecular formula is C22H23N5O5S. The summed E-state index contributed by atoms with van der Waals surface area (Å²) in [5.74, 6) is 1.18. The minimum atomic E-state index is -0.591. The number of carbonyl (C=O) groups is 1. The highest BCUT2D eigenvalue weighted by atomic mass is 32.2.